The van der Waals surface area contributed by atoms with E-state index in [0.717, 1.165) is 38.6 Å². The Kier molecular flexibility index (Phi) is 9.27. The summed E-state index contributed by atoms with van der Waals surface area (Å²) in [5.74, 6) is 0.222. The van der Waals surface area contributed by atoms with E-state index in [1.54, 1.807) is 7.11 Å². The number of hydrogen-bond acceptors (Lipinski definition) is 3. The molecule has 0 aromatic heterocycles. The molecule has 3 atom stereocenters. The number of methoxy groups -OCH3 is 1. The molecule has 21 heavy (non-hydrogen) atoms. The van der Waals surface area contributed by atoms with Crippen LogP contribution < -0.4 is 5.32 Å². The van der Waals surface area contributed by atoms with Crippen LogP contribution in [0, 0.1) is 5.92 Å². The van der Waals surface area contributed by atoms with E-state index in [1.165, 1.54) is 18.4 Å². The Labute approximate surface area is 129 Å². The highest BCUT2D eigenvalue weighted by molar-refractivity contribution is 5.55. The lowest BCUT2D eigenvalue weighted by Crippen LogP contribution is -2.44. The molecule has 0 aliphatic heterocycles. The van der Waals surface area contributed by atoms with E-state index >= 15 is 0 Å². The first kappa shape index (κ1) is 18.1. The fraction of sp³-hybridized carbons (Fsp3) is 0.722. The molecule has 0 saturated heterocycles. The normalized spacial score (nSPS) is 26.3. The second kappa shape index (κ2) is 10.7. The molecule has 0 radical (unpaired) electrons. The van der Waals surface area contributed by atoms with E-state index in [1.807, 2.05) is 6.92 Å². The number of ether oxygens (including phenoxy) is 1. The molecule has 120 valence electrons. The Hall–Kier alpha value is -0.930. The highest BCUT2D eigenvalue weighted by Gasteiger charge is 2.26. The van der Waals surface area contributed by atoms with Crippen molar-refractivity contribution in [1.29, 1.82) is 0 Å². The highest BCUT2D eigenvalue weighted by atomic mass is 16.5. The van der Waals surface area contributed by atoms with Crippen LogP contribution >= 0.6 is 0 Å². The number of carbonyl (C=O) groups excluding carboxylic acids is 1. The Balaban J connectivity index is 0.000000491. The van der Waals surface area contributed by atoms with Crippen LogP contribution in [0.2, 0.25) is 0 Å². The summed E-state index contributed by atoms with van der Waals surface area (Å²) in [4.78, 5) is 11.1. The van der Waals surface area contributed by atoms with E-state index in [-0.39, 0.29) is 5.92 Å². The monoisotopic (exact) mass is 293 g/mol. The van der Waals surface area contributed by atoms with Crippen LogP contribution in [-0.4, -0.2) is 32.1 Å². The van der Waals surface area contributed by atoms with Gasteiger partial charge in [0.05, 0.1) is 0 Å². The quantitative estimate of drug-likeness (QED) is 0.786. The van der Waals surface area contributed by atoms with Gasteiger partial charge in [-0.15, -0.1) is 0 Å². The van der Waals surface area contributed by atoms with Crippen LogP contribution in [0.25, 0.3) is 0 Å². The number of hydrogen-bond donors (Lipinski definition) is 1. The molecule has 2 aliphatic carbocycles. The second-order valence-corrected chi connectivity index (χ2v) is 5.84. The summed E-state index contributed by atoms with van der Waals surface area (Å²) >= 11 is 0. The molecular weight excluding hydrogens is 262 g/mol. The van der Waals surface area contributed by atoms with Gasteiger partial charge in [0, 0.05) is 31.7 Å². The third-order valence-electron chi connectivity index (χ3n) is 4.27. The maximum Gasteiger partial charge on any atom is 0.124 e. The average molecular weight is 293 g/mol. The summed E-state index contributed by atoms with van der Waals surface area (Å²) in [5, 5.41) is 3.64. The second-order valence-electron chi connectivity index (χ2n) is 5.84. The molecule has 3 nitrogen and oxygen atoms in total. The van der Waals surface area contributed by atoms with Gasteiger partial charge in [-0.3, -0.25) is 0 Å². The zero-order valence-electron chi connectivity index (χ0n) is 13.8. The molecule has 0 aromatic rings. The fourth-order valence-corrected chi connectivity index (χ4v) is 2.90. The number of aldehydes is 1. The molecular formula is C18H31NO2. The van der Waals surface area contributed by atoms with Crippen molar-refractivity contribution in [3.8, 4) is 0 Å². The lowest BCUT2D eigenvalue weighted by Gasteiger charge is -2.32. The molecule has 2 aliphatic rings. The van der Waals surface area contributed by atoms with Crippen molar-refractivity contribution in [3.63, 3.8) is 0 Å². The van der Waals surface area contributed by atoms with Crippen LogP contribution in [0.1, 0.15) is 52.4 Å². The summed E-state index contributed by atoms with van der Waals surface area (Å²) < 4.78 is 4.54. The maximum atomic E-state index is 11.1. The Morgan fingerprint density at radius 1 is 1.38 bits per heavy atom. The molecule has 1 saturated carbocycles. The van der Waals surface area contributed by atoms with Crippen molar-refractivity contribution < 1.29 is 9.53 Å². The Morgan fingerprint density at radius 2 is 2.10 bits per heavy atom. The Bertz CT molecular complexity index is 347. The number of allylic oxidation sites excluding steroid dienone is 2. The summed E-state index contributed by atoms with van der Waals surface area (Å²) in [7, 11) is 1.68. The van der Waals surface area contributed by atoms with Gasteiger partial charge in [0.2, 0.25) is 0 Å². The summed E-state index contributed by atoms with van der Waals surface area (Å²) in [6.45, 7) is 4.98. The predicted molar refractivity (Wildman–Crippen MR) is 88.4 cm³/mol. The maximum absolute atomic E-state index is 11.1. The van der Waals surface area contributed by atoms with Crippen LogP contribution in [0.4, 0.5) is 0 Å². The van der Waals surface area contributed by atoms with Crippen LogP contribution in [-0.2, 0) is 9.53 Å². The van der Waals surface area contributed by atoms with Gasteiger partial charge in [0.25, 0.3) is 0 Å². The van der Waals surface area contributed by atoms with Crippen molar-refractivity contribution in [2.45, 2.75) is 64.5 Å². The average Bonchev–Trinajstić information content (AvgIpc) is 2.56. The molecule has 2 rings (SSSR count). The van der Waals surface area contributed by atoms with Crippen LogP contribution in [0.15, 0.2) is 23.8 Å². The lowest BCUT2D eigenvalue weighted by molar-refractivity contribution is -0.112. The standard InChI is InChI=1S/C15H23NO.C3H8O/c1-12(13-7-3-2-4-8-13)16-15-10-6-5-9-14(15)11-17;1-3-4-2/h3,7-8,11-12,14-16H,2,4-6,9-10H2,1H3;3H2,1-2H3/t12-,14-,15-;/m1./s1. The minimum atomic E-state index is 0.222. The summed E-state index contributed by atoms with van der Waals surface area (Å²) in [6, 6.07) is 0.754. The van der Waals surface area contributed by atoms with Gasteiger partial charge in [0.1, 0.15) is 6.29 Å². The highest BCUT2D eigenvalue weighted by Crippen LogP contribution is 2.24. The van der Waals surface area contributed by atoms with Gasteiger partial charge in [-0.05, 0) is 45.1 Å². The van der Waals surface area contributed by atoms with Crippen molar-refractivity contribution in [2.75, 3.05) is 13.7 Å². The van der Waals surface area contributed by atoms with E-state index in [9.17, 15) is 4.79 Å². The molecule has 0 bridgehead atoms. The molecule has 0 aromatic carbocycles. The summed E-state index contributed by atoms with van der Waals surface area (Å²) in [5.41, 5.74) is 1.38. The molecule has 1 N–H and O–H groups in total. The minimum absolute atomic E-state index is 0.222. The SMILES string of the molecule is CCOC.C[C@@H](N[C@@H]1CCCC[C@@H]1C=O)C1=CCCC=C1. The van der Waals surface area contributed by atoms with Crippen molar-refractivity contribution in [3.05, 3.63) is 23.8 Å². The number of carbonyl (C=O) groups is 1. The zero-order chi connectivity index (χ0) is 15.5. The van der Waals surface area contributed by atoms with Gasteiger partial charge in [-0.1, -0.05) is 31.1 Å². The van der Waals surface area contributed by atoms with E-state index in [0.29, 0.717) is 12.1 Å². The predicted octanol–water partition coefficient (Wildman–Crippen LogP) is 3.65. The van der Waals surface area contributed by atoms with Crippen LogP contribution in [0.3, 0.4) is 0 Å². The molecule has 3 heteroatoms. The van der Waals surface area contributed by atoms with Gasteiger partial charge >= 0.3 is 0 Å². The molecule has 0 unspecified atom stereocenters. The van der Waals surface area contributed by atoms with Crippen molar-refractivity contribution in [2.24, 2.45) is 5.92 Å². The van der Waals surface area contributed by atoms with Crippen LogP contribution in [0.5, 0.6) is 0 Å². The van der Waals surface area contributed by atoms with Gasteiger partial charge < -0.3 is 14.8 Å². The number of rotatable bonds is 5. The third-order valence-corrected chi connectivity index (χ3v) is 4.27. The summed E-state index contributed by atoms with van der Waals surface area (Å²) in [6.07, 6.45) is 14.9. The Morgan fingerprint density at radius 3 is 2.67 bits per heavy atom. The number of nitrogens with one attached hydrogen (secondary N) is 1. The van der Waals surface area contributed by atoms with Crippen molar-refractivity contribution >= 4 is 6.29 Å². The van der Waals surface area contributed by atoms with E-state index in [4.69, 9.17) is 0 Å². The van der Waals surface area contributed by atoms with Gasteiger partial charge in [-0.25, -0.2) is 0 Å². The molecule has 1 fully saturated rings. The minimum Gasteiger partial charge on any atom is -0.385 e. The lowest BCUT2D eigenvalue weighted by atomic mass is 9.84. The largest absolute Gasteiger partial charge is 0.385 e. The van der Waals surface area contributed by atoms with E-state index in [2.05, 4.69) is 35.2 Å². The molecule has 0 heterocycles. The van der Waals surface area contributed by atoms with Gasteiger partial charge in [-0.2, -0.15) is 0 Å². The third kappa shape index (κ3) is 6.58. The molecule has 0 spiro atoms. The van der Waals surface area contributed by atoms with Crippen molar-refractivity contribution in [1.82, 2.24) is 5.32 Å². The van der Waals surface area contributed by atoms with Gasteiger partial charge in [0.15, 0.2) is 0 Å². The smallest absolute Gasteiger partial charge is 0.124 e. The first-order chi connectivity index (χ1) is 10.2. The van der Waals surface area contributed by atoms with E-state index < -0.39 is 0 Å². The zero-order valence-corrected chi connectivity index (χ0v) is 13.8. The topological polar surface area (TPSA) is 38.3 Å². The first-order valence-corrected chi connectivity index (χ1v) is 8.29. The molecule has 0 amide bonds. The first-order valence-electron chi connectivity index (χ1n) is 8.29. The fourth-order valence-electron chi connectivity index (χ4n) is 2.90.